The Kier molecular flexibility index (Phi) is 5.93. The van der Waals surface area contributed by atoms with Crippen molar-refractivity contribution in [2.45, 2.75) is 37.8 Å². The van der Waals surface area contributed by atoms with Crippen LogP contribution in [-0.4, -0.2) is 53.4 Å². The molecule has 0 radical (unpaired) electrons. The molecule has 1 amide bonds. The van der Waals surface area contributed by atoms with E-state index in [9.17, 15) is 4.79 Å². The number of carbonyl (C=O) groups is 1. The van der Waals surface area contributed by atoms with Crippen molar-refractivity contribution in [1.29, 1.82) is 0 Å². The largest absolute Gasteiger partial charge is 0.484 e. The van der Waals surface area contributed by atoms with Gasteiger partial charge in [-0.2, -0.15) is 5.10 Å². The number of likely N-dealkylation sites (N-methyl/N-ethyl adjacent to an activating group) is 1. The van der Waals surface area contributed by atoms with Crippen molar-refractivity contribution < 1.29 is 9.53 Å². The van der Waals surface area contributed by atoms with Crippen LogP contribution in [0.25, 0.3) is 11.1 Å². The topological polar surface area (TPSA) is 59.4 Å². The number of hydrogen-bond acceptors (Lipinski definition) is 4. The Morgan fingerprint density at radius 3 is 2.85 bits per heavy atom. The molecular weight excluding hydrogens is 328 g/mol. The molecule has 26 heavy (non-hydrogen) atoms. The summed E-state index contributed by atoms with van der Waals surface area (Å²) in [7, 11) is 6.05. The first-order chi connectivity index (χ1) is 12.5. The fourth-order valence-electron chi connectivity index (χ4n) is 3.63. The molecule has 2 aromatic rings. The summed E-state index contributed by atoms with van der Waals surface area (Å²) in [4.78, 5) is 14.6. The van der Waals surface area contributed by atoms with Gasteiger partial charge in [0, 0.05) is 30.9 Å². The van der Waals surface area contributed by atoms with Crippen molar-refractivity contribution in [1.82, 2.24) is 20.0 Å². The molecule has 1 aliphatic rings. The first-order valence-corrected chi connectivity index (χ1v) is 9.20. The van der Waals surface area contributed by atoms with Gasteiger partial charge in [-0.3, -0.25) is 9.48 Å². The highest BCUT2D eigenvalue weighted by molar-refractivity contribution is 5.78. The highest BCUT2D eigenvalue weighted by Crippen LogP contribution is 2.24. The molecule has 0 unspecified atom stereocenters. The van der Waals surface area contributed by atoms with Crippen LogP contribution in [0.15, 0.2) is 36.7 Å². The van der Waals surface area contributed by atoms with Gasteiger partial charge in [-0.25, -0.2) is 0 Å². The Hall–Kier alpha value is -2.34. The predicted octanol–water partition coefficient (Wildman–Crippen LogP) is 2.45. The van der Waals surface area contributed by atoms with E-state index in [0.29, 0.717) is 11.8 Å². The number of amides is 1. The molecule has 2 atom stereocenters. The smallest absolute Gasteiger partial charge is 0.258 e. The van der Waals surface area contributed by atoms with Gasteiger partial charge in [0.2, 0.25) is 0 Å². The highest BCUT2D eigenvalue weighted by Gasteiger charge is 2.27. The summed E-state index contributed by atoms with van der Waals surface area (Å²) in [5.41, 5.74) is 2.05. The third kappa shape index (κ3) is 4.64. The normalized spacial score (nSPS) is 20.2. The van der Waals surface area contributed by atoms with Crippen LogP contribution in [-0.2, 0) is 11.8 Å². The van der Waals surface area contributed by atoms with Gasteiger partial charge in [0.15, 0.2) is 6.61 Å². The third-order valence-electron chi connectivity index (χ3n) is 4.98. The van der Waals surface area contributed by atoms with Crippen molar-refractivity contribution >= 4 is 5.91 Å². The van der Waals surface area contributed by atoms with Crippen molar-refractivity contribution in [2.24, 2.45) is 7.05 Å². The fraction of sp³-hybridized carbons (Fsp3) is 0.500. The van der Waals surface area contributed by atoms with E-state index in [1.165, 1.54) is 12.8 Å². The number of nitrogens with zero attached hydrogens (tertiary/aromatic N) is 3. The summed E-state index contributed by atoms with van der Waals surface area (Å²) >= 11 is 0. The SMILES string of the molecule is CN(C)[C@H]1CCCC[C@@H]1NC(=O)COc1cccc(-c2cnn(C)c2)c1. The predicted molar refractivity (Wildman–Crippen MR) is 102 cm³/mol. The number of aryl methyl sites for hydroxylation is 1. The van der Waals surface area contributed by atoms with Crippen LogP contribution in [0, 0.1) is 0 Å². The number of carbonyl (C=O) groups excluding carboxylic acids is 1. The molecule has 140 valence electrons. The molecule has 0 bridgehead atoms. The first-order valence-electron chi connectivity index (χ1n) is 9.20. The molecule has 0 saturated heterocycles. The molecule has 1 saturated carbocycles. The number of hydrogen-bond donors (Lipinski definition) is 1. The van der Waals surface area contributed by atoms with Gasteiger partial charge in [0.1, 0.15) is 5.75 Å². The van der Waals surface area contributed by atoms with Gasteiger partial charge in [0.05, 0.1) is 6.20 Å². The monoisotopic (exact) mass is 356 g/mol. The molecule has 1 heterocycles. The van der Waals surface area contributed by atoms with Gasteiger partial charge in [-0.05, 0) is 44.6 Å². The van der Waals surface area contributed by atoms with Crippen molar-refractivity contribution in [3.63, 3.8) is 0 Å². The summed E-state index contributed by atoms with van der Waals surface area (Å²) in [5, 5.41) is 7.34. The number of rotatable bonds is 6. The maximum Gasteiger partial charge on any atom is 0.258 e. The lowest BCUT2D eigenvalue weighted by Gasteiger charge is -2.36. The second-order valence-electron chi connectivity index (χ2n) is 7.21. The molecule has 3 rings (SSSR count). The molecule has 1 aliphatic carbocycles. The van der Waals surface area contributed by atoms with E-state index in [1.807, 2.05) is 43.7 Å². The van der Waals surface area contributed by atoms with Gasteiger partial charge >= 0.3 is 0 Å². The Bertz CT molecular complexity index is 741. The van der Waals surface area contributed by atoms with Crippen LogP contribution in [0.1, 0.15) is 25.7 Å². The average Bonchev–Trinajstić information content (AvgIpc) is 3.07. The number of aromatic nitrogens is 2. The average molecular weight is 356 g/mol. The quantitative estimate of drug-likeness (QED) is 0.864. The molecule has 0 spiro atoms. The van der Waals surface area contributed by atoms with Crippen LogP contribution >= 0.6 is 0 Å². The van der Waals surface area contributed by atoms with Crippen LogP contribution in [0.4, 0.5) is 0 Å². The number of nitrogens with one attached hydrogen (secondary N) is 1. The minimum atomic E-state index is -0.0597. The molecule has 1 fully saturated rings. The lowest BCUT2D eigenvalue weighted by molar-refractivity contribution is -0.124. The maximum atomic E-state index is 12.3. The summed E-state index contributed by atoms with van der Waals surface area (Å²) in [6, 6.07) is 8.36. The van der Waals surface area contributed by atoms with Gasteiger partial charge in [0.25, 0.3) is 5.91 Å². The Morgan fingerprint density at radius 1 is 1.31 bits per heavy atom. The van der Waals surface area contributed by atoms with Gasteiger partial charge in [-0.15, -0.1) is 0 Å². The van der Waals surface area contributed by atoms with E-state index in [-0.39, 0.29) is 18.6 Å². The first kappa shape index (κ1) is 18.5. The van der Waals surface area contributed by atoms with Crippen LogP contribution in [0.2, 0.25) is 0 Å². The van der Waals surface area contributed by atoms with Gasteiger partial charge < -0.3 is 15.0 Å². The molecule has 1 aromatic heterocycles. The van der Waals surface area contributed by atoms with E-state index in [1.54, 1.807) is 4.68 Å². The van der Waals surface area contributed by atoms with Crippen LogP contribution in [0.5, 0.6) is 5.75 Å². The van der Waals surface area contributed by atoms with Crippen LogP contribution in [0.3, 0.4) is 0 Å². The van der Waals surface area contributed by atoms with Crippen LogP contribution < -0.4 is 10.1 Å². The summed E-state index contributed by atoms with van der Waals surface area (Å²) in [6.07, 6.45) is 8.33. The molecule has 6 heteroatoms. The Balaban J connectivity index is 1.56. The molecule has 6 nitrogen and oxygen atoms in total. The van der Waals surface area contributed by atoms with E-state index in [2.05, 4.69) is 29.4 Å². The second kappa shape index (κ2) is 8.36. The summed E-state index contributed by atoms with van der Waals surface area (Å²) in [5.74, 6) is 0.629. The zero-order valence-electron chi connectivity index (χ0n) is 15.8. The number of benzene rings is 1. The molecular formula is C20H28N4O2. The van der Waals surface area contributed by atoms with E-state index >= 15 is 0 Å². The lowest BCUT2D eigenvalue weighted by atomic mass is 9.89. The van der Waals surface area contributed by atoms with Crippen molar-refractivity contribution in [3.05, 3.63) is 36.7 Å². The van der Waals surface area contributed by atoms with E-state index in [0.717, 1.165) is 24.0 Å². The van der Waals surface area contributed by atoms with Crippen molar-refractivity contribution in [2.75, 3.05) is 20.7 Å². The maximum absolute atomic E-state index is 12.3. The minimum Gasteiger partial charge on any atom is -0.484 e. The third-order valence-corrected chi connectivity index (χ3v) is 4.98. The summed E-state index contributed by atoms with van der Waals surface area (Å²) < 4.78 is 7.49. The minimum absolute atomic E-state index is 0.0349. The van der Waals surface area contributed by atoms with Crippen molar-refractivity contribution in [3.8, 4) is 16.9 Å². The Morgan fingerprint density at radius 2 is 2.12 bits per heavy atom. The van der Waals surface area contributed by atoms with E-state index in [4.69, 9.17) is 4.74 Å². The Labute approximate surface area is 155 Å². The zero-order valence-corrected chi connectivity index (χ0v) is 15.8. The summed E-state index contributed by atoms with van der Waals surface area (Å²) in [6.45, 7) is 0.0349. The molecule has 0 aliphatic heterocycles. The number of ether oxygens (including phenoxy) is 1. The van der Waals surface area contributed by atoms with E-state index < -0.39 is 0 Å². The fourth-order valence-corrected chi connectivity index (χ4v) is 3.63. The lowest BCUT2D eigenvalue weighted by Crippen LogP contribution is -2.52. The zero-order chi connectivity index (χ0) is 18.5. The highest BCUT2D eigenvalue weighted by atomic mass is 16.5. The second-order valence-corrected chi connectivity index (χ2v) is 7.21. The molecule has 1 aromatic carbocycles. The molecule has 1 N–H and O–H groups in total. The van der Waals surface area contributed by atoms with Gasteiger partial charge in [-0.1, -0.05) is 25.0 Å². The standard InChI is InChI=1S/C20H28N4O2/c1-23(2)19-10-5-4-9-18(19)22-20(25)14-26-17-8-6-7-15(11-17)16-12-21-24(3)13-16/h6-8,11-13,18-19H,4-5,9-10,14H2,1-3H3,(H,22,25)/t18-,19-/m0/s1.